The minimum absolute atomic E-state index is 0.425. The van der Waals surface area contributed by atoms with Crippen LogP contribution in [0.2, 0.25) is 0 Å². The first-order valence-electron chi connectivity index (χ1n) is 11.2. The smallest absolute Gasteiger partial charge is 0.170 e. The van der Waals surface area contributed by atoms with Crippen molar-refractivity contribution in [2.75, 3.05) is 17.2 Å². The van der Waals surface area contributed by atoms with Gasteiger partial charge in [0.05, 0.1) is 6.04 Å². The Kier molecular flexibility index (Phi) is 4.99. The summed E-state index contributed by atoms with van der Waals surface area (Å²) in [4.78, 5) is 0. The lowest BCUT2D eigenvalue weighted by molar-refractivity contribution is 0.247. The van der Waals surface area contributed by atoms with Gasteiger partial charge in [-0.3, -0.25) is 0 Å². The Morgan fingerprint density at radius 3 is 2.69 bits per heavy atom. The van der Waals surface area contributed by atoms with Gasteiger partial charge in [-0.1, -0.05) is 36.8 Å². The lowest BCUT2D eigenvalue weighted by atomic mass is 9.68. The van der Waals surface area contributed by atoms with Crippen LogP contribution in [-0.2, 0) is 0 Å². The molecule has 0 saturated heterocycles. The molecule has 2 fully saturated rings. The quantitative estimate of drug-likeness (QED) is 0.546. The lowest BCUT2D eigenvalue weighted by Gasteiger charge is -2.43. The number of benzene rings is 2. The Bertz CT molecular complexity index is 907. The predicted octanol–water partition coefficient (Wildman–Crippen LogP) is 5.99. The van der Waals surface area contributed by atoms with Gasteiger partial charge in [0.2, 0.25) is 0 Å². The average molecular weight is 406 g/mol. The molecule has 5 rings (SSSR count). The molecule has 2 aromatic carbocycles. The molecule has 5 unspecified atom stereocenters. The second kappa shape index (κ2) is 7.64. The SMILES string of the molecule is CCCNC(=S)Nc1ccc2c(c1)C1C3CCC(C3)C1C(c1ccc(C)cc1)N2. The van der Waals surface area contributed by atoms with Crippen molar-refractivity contribution < 1.29 is 0 Å². The maximum absolute atomic E-state index is 5.46. The van der Waals surface area contributed by atoms with E-state index in [4.69, 9.17) is 12.2 Å². The maximum atomic E-state index is 5.46. The van der Waals surface area contributed by atoms with E-state index in [2.05, 4.69) is 72.3 Å². The van der Waals surface area contributed by atoms with Crippen molar-refractivity contribution in [3.63, 3.8) is 0 Å². The fourth-order valence-corrected chi connectivity index (χ4v) is 6.30. The molecule has 3 aliphatic rings. The third-order valence-corrected chi connectivity index (χ3v) is 7.56. The molecule has 152 valence electrons. The van der Waals surface area contributed by atoms with Gasteiger partial charge in [-0.15, -0.1) is 0 Å². The van der Waals surface area contributed by atoms with E-state index in [0.717, 1.165) is 35.6 Å². The first-order chi connectivity index (χ1) is 14.1. The number of hydrogen-bond donors (Lipinski definition) is 3. The van der Waals surface area contributed by atoms with E-state index in [9.17, 15) is 0 Å². The summed E-state index contributed by atoms with van der Waals surface area (Å²) in [6, 6.07) is 16.4. The molecular weight excluding hydrogens is 374 g/mol. The molecule has 3 nitrogen and oxygen atoms in total. The summed E-state index contributed by atoms with van der Waals surface area (Å²) in [5.41, 5.74) is 6.68. The van der Waals surface area contributed by atoms with E-state index in [0.29, 0.717) is 17.9 Å². The van der Waals surface area contributed by atoms with Gasteiger partial charge in [0.1, 0.15) is 0 Å². The van der Waals surface area contributed by atoms with Crippen LogP contribution in [0.25, 0.3) is 0 Å². The number of rotatable bonds is 4. The van der Waals surface area contributed by atoms with Crippen LogP contribution in [0, 0.1) is 24.7 Å². The van der Waals surface area contributed by atoms with E-state index < -0.39 is 0 Å². The standard InChI is InChI=1S/C25H31N3S/c1-3-12-26-25(29)27-19-10-11-21-20(14-19)22-17-8-9-18(13-17)23(22)24(28-21)16-6-4-15(2)5-7-16/h4-7,10-11,14,17-18,22-24,28H,3,8-9,12-13H2,1-2H3,(H2,26,27,29). The van der Waals surface area contributed by atoms with Crippen LogP contribution in [-0.4, -0.2) is 11.7 Å². The van der Waals surface area contributed by atoms with Gasteiger partial charge in [-0.25, -0.2) is 0 Å². The predicted molar refractivity (Wildman–Crippen MR) is 126 cm³/mol. The zero-order chi connectivity index (χ0) is 20.0. The molecule has 29 heavy (non-hydrogen) atoms. The van der Waals surface area contributed by atoms with Crippen molar-refractivity contribution in [3.8, 4) is 0 Å². The maximum Gasteiger partial charge on any atom is 0.170 e. The lowest BCUT2D eigenvalue weighted by Crippen LogP contribution is -2.35. The molecule has 0 aromatic heterocycles. The molecule has 2 saturated carbocycles. The summed E-state index contributed by atoms with van der Waals surface area (Å²) in [5.74, 6) is 3.04. The molecule has 2 bridgehead atoms. The van der Waals surface area contributed by atoms with Crippen LogP contribution in [0.3, 0.4) is 0 Å². The topological polar surface area (TPSA) is 36.1 Å². The Labute approximate surface area is 179 Å². The minimum Gasteiger partial charge on any atom is -0.378 e. The molecule has 1 heterocycles. The van der Waals surface area contributed by atoms with Crippen LogP contribution in [0.15, 0.2) is 42.5 Å². The van der Waals surface area contributed by atoms with Gasteiger partial charge in [-0.05, 0) is 97.8 Å². The highest BCUT2D eigenvalue weighted by Gasteiger charge is 2.53. The van der Waals surface area contributed by atoms with Gasteiger partial charge < -0.3 is 16.0 Å². The van der Waals surface area contributed by atoms with Crippen molar-refractivity contribution in [1.82, 2.24) is 5.32 Å². The summed E-state index contributed by atoms with van der Waals surface area (Å²) in [6.07, 6.45) is 5.25. The number of anilines is 2. The molecule has 5 atom stereocenters. The first-order valence-corrected chi connectivity index (χ1v) is 11.6. The van der Waals surface area contributed by atoms with Gasteiger partial charge in [0.15, 0.2) is 5.11 Å². The minimum atomic E-state index is 0.425. The van der Waals surface area contributed by atoms with E-state index >= 15 is 0 Å². The van der Waals surface area contributed by atoms with Gasteiger partial charge in [-0.2, -0.15) is 0 Å². The van der Waals surface area contributed by atoms with Crippen LogP contribution in [0.5, 0.6) is 0 Å². The number of fused-ring (bicyclic) bond motifs is 7. The van der Waals surface area contributed by atoms with Crippen molar-refractivity contribution in [2.45, 2.75) is 51.5 Å². The number of aryl methyl sites for hydroxylation is 1. The zero-order valence-corrected chi connectivity index (χ0v) is 18.2. The highest BCUT2D eigenvalue weighted by molar-refractivity contribution is 7.80. The molecule has 0 radical (unpaired) electrons. The van der Waals surface area contributed by atoms with Crippen LogP contribution in [0.1, 0.15) is 61.3 Å². The number of nitrogens with one attached hydrogen (secondary N) is 3. The van der Waals surface area contributed by atoms with Crippen LogP contribution < -0.4 is 16.0 Å². The molecule has 2 aliphatic carbocycles. The molecule has 3 N–H and O–H groups in total. The average Bonchev–Trinajstić information content (AvgIpc) is 3.35. The van der Waals surface area contributed by atoms with Crippen molar-refractivity contribution in [2.24, 2.45) is 17.8 Å². The van der Waals surface area contributed by atoms with Crippen molar-refractivity contribution in [1.29, 1.82) is 0 Å². The van der Waals surface area contributed by atoms with E-state index in [1.165, 1.54) is 41.6 Å². The molecule has 1 aliphatic heterocycles. The van der Waals surface area contributed by atoms with Crippen LogP contribution in [0.4, 0.5) is 11.4 Å². The highest BCUT2D eigenvalue weighted by Crippen LogP contribution is 2.63. The summed E-state index contributed by atoms with van der Waals surface area (Å²) >= 11 is 5.46. The van der Waals surface area contributed by atoms with Crippen molar-refractivity contribution >= 4 is 28.7 Å². The van der Waals surface area contributed by atoms with Crippen LogP contribution >= 0.6 is 12.2 Å². The summed E-state index contributed by atoms with van der Waals surface area (Å²) in [6.45, 7) is 5.23. The first kappa shape index (κ1) is 18.9. The summed E-state index contributed by atoms with van der Waals surface area (Å²) < 4.78 is 0. The fourth-order valence-electron chi connectivity index (χ4n) is 6.08. The zero-order valence-electron chi connectivity index (χ0n) is 17.4. The summed E-state index contributed by atoms with van der Waals surface area (Å²) in [7, 11) is 0. The largest absolute Gasteiger partial charge is 0.378 e. The normalized spacial score (nSPS) is 29.0. The second-order valence-electron chi connectivity index (χ2n) is 9.15. The van der Waals surface area contributed by atoms with Crippen molar-refractivity contribution in [3.05, 3.63) is 59.2 Å². The van der Waals surface area contributed by atoms with Gasteiger partial charge in [0.25, 0.3) is 0 Å². The molecule has 4 heteroatoms. The van der Waals surface area contributed by atoms with E-state index in [-0.39, 0.29) is 0 Å². The Hall–Kier alpha value is -2.07. The third-order valence-electron chi connectivity index (χ3n) is 7.32. The Balaban J connectivity index is 1.47. The van der Waals surface area contributed by atoms with E-state index in [1.807, 2.05) is 0 Å². The molecule has 2 aromatic rings. The van der Waals surface area contributed by atoms with Gasteiger partial charge in [0, 0.05) is 17.9 Å². The summed E-state index contributed by atoms with van der Waals surface area (Å²) in [5, 5.41) is 11.3. The third kappa shape index (κ3) is 3.42. The van der Waals surface area contributed by atoms with Gasteiger partial charge >= 0.3 is 0 Å². The Morgan fingerprint density at radius 1 is 1.10 bits per heavy atom. The number of hydrogen-bond acceptors (Lipinski definition) is 2. The second-order valence-corrected chi connectivity index (χ2v) is 9.56. The Morgan fingerprint density at radius 2 is 1.90 bits per heavy atom. The monoisotopic (exact) mass is 405 g/mol. The fraction of sp³-hybridized carbons (Fsp3) is 0.480. The molecular formula is C25H31N3S. The van der Waals surface area contributed by atoms with E-state index in [1.54, 1.807) is 0 Å². The molecule has 0 spiro atoms. The number of thiocarbonyl (C=S) groups is 1. The molecule has 0 amide bonds. The highest BCUT2D eigenvalue weighted by atomic mass is 32.1.